The Morgan fingerprint density at radius 3 is 2.86 bits per heavy atom. The Morgan fingerprint density at radius 1 is 1.36 bits per heavy atom. The molecule has 150 valence electrons. The highest BCUT2D eigenvalue weighted by Gasteiger charge is 2.55. The maximum Gasteiger partial charge on any atom is 0.327 e. The van der Waals surface area contributed by atoms with Gasteiger partial charge in [-0.15, -0.1) is 0 Å². The van der Waals surface area contributed by atoms with Crippen LogP contribution in [-0.2, 0) is 24.7 Å². The molecule has 2 atom stereocenters. The Balaban J connectivity index is 1.70. The van der Waals surface area contributed by atoms with Crippen molar-refractivity contribution in [1.29, 1.82) is 0 Å². The van der Waals surface area contributed by atoms with Crippen LogP contribution in [0.2, 0.25) is 0 Å². The third-order valence-electron chi connectivity index (χ3n) is 4.77. The second-order valence-corrected chi connectivity index (χ2v) is 6.74. The molecule has 1 aromatic carbocycles. The fourth-order valence-corrected chi connectivity index (χ4v) is 3.32. The Labute approximate surface area is 162 Å². The Bertz CT molecular complexity index is 811. The minimum absolute atomic E-state index is 0.260. The zero-order valence-corrected chi connectivity index (χ0v) is 15.8. The van der Waals surface area contributed by atoms with Crippen LogP contribution in [-0.4, -0.2) is 54.5 Å². The van der Waals surface area contributed by atoms with E-state index in [2.05, 4.69) is 10.6 Å². The Morgan fingerprint density at radius 2 is 2.11 bits per heavy atom. The summed E-state index contributed by atoms with van der Waals surface area (Å²) in [5, 5.41) is 5.32. The van der Waals surface area contributed by atoms with Crippen molar-refractivity contribution in [1.82, 2.24) is 15.5 Å². The molecule has 28 heavy (non-hydrogen) atoms. The lowest BCUT2D eigenvalue weighted by molar-refractivity contribution is -0.156. The molecule has 9 nitrogen and oxygen atoms in total. The van der Waals surface area contributed by atoms with Gasteiger partial charge in [-0.3, -0.25) is 19.3 Å². The van der Waals surface area contributed by atoms with Gasteiger partial charge < -0.3 is 20.1 Å². The molecule has 1 spiro atoms. The number of ether oxygens (including phenoxy) is 2. The standard InChI is InChI=1S/C19H23N3O6/c1-3-9-20-16(24)12(2)28-15(23)11-22-17(25)19(21-18(22)26)8-10-27-14-7-5-4-6-13(14)19/h4-7,12H,3,8-11H2,1-2H3,(H,20,24)(H,21,26)/t12-,19+/m1/s1. The van der Waals surface area contributed by atoms with Gasteiger partial charge in [0.2, 0.25) is 0 Å². The summed E-state index contributed by atoms with van der Waals surface area (Å²) in [6.07, 6.45) is -0.00413. The average Bonchev–Trinajstić information content (AvgIpc) is 2.91. The van der Waals surface area contributed by atoms with E-state index in [4.69, 9.17) is 9.47 Å². The van der Waals surface area contributed by atoms with E-state index in [0.717, 1.165) is 11.3 Å². The third-order valence-corrected chi connectivity index (χ3v) is 4.77. The molecule has 0 aliphatic carbocycles. The molecule has 1 aromatic rings. The van der Waals surface area contributed by atoms with Gasteiger partial charge in [-0.2, -0.15) is 0 Å². The van der Waals surface area contributed by atoms with Gasteiger partial charge in [0.05, 0.1) is 6.61 Å². The monoisotopic (exact) mass is 389 g/mol. The minimum Gasteiger partial charge on any atom is -0.493 e. The molecular weight excluding hydrogens is 366 g/mol. The van der Waals surface area contributed by atoms with E-state index in [1.54, 1.807) is 24.3 Å². The predicted molar refractivity (Wildman–Crippen MR) is 97.3 cm³/mol. The van der Waals surface area contributed by atoms with Gasteiger partial charge in [0.1, 0.15) is 12.3 Å². The zero-order valence-electron chi connectivity index (χ0n) is 15.8. The van der Waals surface area contributed by atoms with Crippen LogP contribution in [0.3, 0.4) is 0 Å². The number of benzene rings is 1. The van der Waals surface area contributed by atoms with Gasteiger partial charge in [0, 0.05) is 18.5 Å². The molecule has 4 amide bonds. The molecule has 0 bridgehead atoms. The van der Waals surface area contributed by atoms with Crippen LogP contribution < -0.4 is 15.4 Å². The van der Waals surface area contributed by atoms with E-state index >= 15 is 0 Å². The SMILES string of the molecule is CCCNC(=O)[C@@H](C)OC(=O)CN1C(=O)N[C@]2(CCOc3ccccc32)C1=O. The van der Waals surface area contributed by atoms with E-state index in [-0.39, 0.29) is 13.0 Å². The van der Waals surface area contributed by atoms with Gasteiger partial charge >= 0.3 is 12.0 Å². The smallest absolute Gasteiger partial charge is 0.327 e. The molecule has 0 unspecified atom stereocenters. The van der Waals surface area contributed by atoms with Crippen LogP contribution in [0.25, 0.3) is 0 Å². The van der Waals surface area contributed by atoms with Crippen LogP contribution in [0.15, 0.2) is 24.3 Å². The van der Waals surface area contributed by atoms with Crippen molar-refractivity contribution < 1.29 is 28.7 Å². The molecule has 2 heterocycles. The number of nitrogens with one attached hydrogen (secondary N) is 2. The van der Waals surface area contributed by atoms with Gasteiger partial charge in [0.15, 0.2) is 11.6 Å². The molecule has 0 aromatic heterocycles. The first-order valence-electron chi connectivity index (χ1n) is 9.22. The molecule has 3 rings (SSSR count). The van der Waals surface area contributed by atoms with Crippen LogP contribution in [0, 0.1) is 0 Å². The van der Waals surface area contributed by atoms with Gasteiger partial charge in [-0.05, 0) is 19.4 Å². The van der Waals surface area contributed by atoms with Crippen molar-refractivity contribution in [3.05, 3.63) is 29.8 Å². The van der Waals surface area contributed by atoms with E-state index in [0.29, 0.717) is 17.9 Å². The van der Waals surface area contributed by atoms with Crippen molar-refractivity contribution in [2.24, 2.45) is 0 Å². The van der Waals surface area contributed by atoms with Crippen LogP contribution in [0.4, 0.5) is 4.79 Å². The lowest BCUT2D eigenvalue weighted by Gasteiger charge is -2.33. The average molecular weight is 389 g/mol. The molecule has 9 heteroatoms. The second kappa shape index (κ2) is 7.87. The first-order chi connectivity index (χ1) is 13.4. The first kappa shape index (κ1) is 19.7. The van der Waals surface area contributed by atoms with Crippen molar-refractivity contribution in [3.63, 3.8) is 0 Å². The summed E-state index contributed by atoms with van der Waals surface area (Å²) in [6.45, 7) is 3.50. The van der Waals surface area contributed by atoms with Crippen LogP contribution in [0.1, 0.15) is 32.3 Å². The summed E-state index contributed by atoms with van der Waals surface area (Å²) in [7, 11) is 0. The third kappa shape index (κ3) is 3.51. The van der Waals surface area contributed by atoms with Crippen molar-refractivity contribution in [3.8, 4) is 5.75 Å². The number of esters is 1. The number of urea groups is 1. The summed E-state index contributed by atoms with van der Waals surface area (Å²) in [5.74, 6) is -1.27. The second-order valence-electron chi connectivity index (χ2n) is 6.74. The quantitative estimate of drug-likeness (QED) is 0.546. The summed E-state index contributed by atoms with van der Waals surface area (Å²) in [4.78, 5) is 50.3. The van der Waals surface area contributed by atoms with Crippen LogP contribution >= 0.6 is 0 Å². The number of fused-ring (bicyclic) bond motifs is 2. The van der Waals surface area contributed by atoms with Gasteiger partial charge in [-0.1, -0.05) is 25.1 Å². The highest BCUT2D eigenvalue weighted by atomic mass is 16.5. The number of carbonyl (C=O) groups excluding carboxylic acids is 4. The molecule has 0 radical (unpaired) electrons. The number of imide groups is 1. The summed E-state index contributed by atoms with van der Waals surface area (Å²) in [5.41, 5.74) is -0.696. The number of para-hydroxylation sites is 1. The van der Waals surface area contributed by atoms with Crippen molar-refractivity contribution in [2.45, 2.75) is 38.3 Å². The molecule has 0 saturated carbocycles. The maximum atomic E-state index is 13.1. The normalized spacial score (nSPS) is 21.6. The van der Waals surface area contributed by atoms with E-state index in [1.165, 1.54) is 6.92 Å². The Hall–Kier alpha value is -3.10. The number of hydrogen-bond acceptors (Lipinski definition) is 6. The van der Waals surface area contributed by atoms with Crippen molar-refractivity contribution in [2.75, 3.05) is 19.7 Å². The molecule has 2 aliphatic rings. The number of carbonyl (C=O) groups is 4. The fraction of sp³-hybridized carbons (Fsp3) is 0.474. The highest BCUT2D eigenvalue weighted by molar-refractivity contribution is 6.09. The lowest BCUT2D eigenvalue weighted by atomic mass is 9.84. The predicted octanol–water partition coefficient (Wildman–Crippen LogP) is 0.674. The van der Waals surface area contributed by atoms with Gasteiger partial charge in [-0.25, -0.2) is 4.79 Å². The topological polar surface area (TPSA) is 114 Å². The molecule has 1 saturated heterocycles. The maximum absolute atomic E-state index is 13.1. The highest BCUT2D eigenvalue weighted by Crippen LogP contribution is 2.40. The zero-order chi connectivity index (χ0) is 20.3. The van der Waals surface area contributed by atoms with E-state index < -0.39 is 42.0 Å². The number of nitrogens with zero attached hydrogens (tertiary/aromatic N) is 1. The number of amides is 4. The lowest BCUT2D eigenvalue weighted by Crippen LogP contribution is -2.48. The summed E-state index contributed by atoms with van der Waals surface area (Å²) < 4.78 is 10.6. The molecule has 2 aliphatic heterocycles. The summed E-state index contributed by atoms with van der Waals surface area (Å²) in [6, 6.07) is 6.29. The number of rotatable bonds is 6. The van der Waals surface area contributed by atoms with E-state index in [9.17, 15) is 19.2 Å². The molecule has 2 N–H and O–H groups in total. The Kier molecular flexibility index (Phi) is 5.53. The van der Waals surface area contributed by atoms with Crippen molar-refractivity contribution >= 4 is 23.8 Å². The molecule has 1 fully saturated rings. The van der Waals surface area contributed by atoms with Gasteiger partial charge in [0.25, 0.3) is 11.8 Å². The van der Waals surface area contributed by atoms with E-state index in [1.807, 2.05) is 6.92 Å². The first-order valence-corrected chi connectivity index (χ1v) is 9.22. The number of hydrogen-bond donors (Lipinski definition) is 2. The van der Waals surface area contributed by atoms with Crippen LogP contribution in [0.5, 0.6) is 5.75 Å². The minimum atomic E-state index is -1.25. The fourth-order valence-electron chi connectivity index (χ4n) is 3.32. The molecular formula is C19H23N3O6. The largest absolute Gasteiger partial charge is 0.493 e. The summed E-state index contributed by atoms with van der Waals surface area (Å²) >= 11 is 0.